The van der Waals surface area contributed by atoms with Crippen LogP contribution in [0.4, 0.5) is 26.1 Å². The van der Waals surface area contributed by atoms with E-state index in [1.807, 2.05) is 0 Å². The van der Waals surface area contributed by atoms with Crippen LogP contribution in [0.3, 0.4) is 0 Å². The van der Waals surface area contributed by atoms with E-state index in [2.05, 4.69) is 35.6 Å². The van der Waals surface area contributed by atoms with Crippen molar-refractivity contribution in [1.29, 1.82) is 0 Å². The molecule has 1 fully saturated rings. The molecule has 32 heavy (non-hydrogen) atoms. The number of carbonyl (C=O) groups excluding carboxylic acids is 2. The van der Waals surface area contributed by atoms with E-state index >= 15 is 0 Å². The molecule has 2 aromatic heterocycles. The molecule has 0 spiro atoms. The highest BCUT2D eigenvalue weighted by atomic mass is 19.3. The maximum absolute atomic E-state index is 13.8. The number of cyclic esters (lactones) is 1. The van der Waals surface area contributed by atoms with E-state index in [0.29, 0.717) is 23.9 Å². The lowest BCUT2D eigenvalue weighted by atomic mass is 10.0. The Morgan fingerprint density at radius 1 is 1.25 bits per heavy atom. The lowest BCUT2D eigenvalue weighted by molar-refractivity contribution is -0.138. The molecule has 0 radical (unpaired) electrons. The van der Waals surface area contributed by atoms with Crippen LogP contribution < -0.4 is 10.6 Å². The molecule has 2 N–H and O–H groups in total. The van der Waals surface area contributed by atoms with Crippen LogP contribution in [0.2, 0.25) is 0 Å². The van der Waals surface area contributed by atoms with Crippen molar-refractivity contribution in [2.45, 2.75) is 32.7 Å². The highest BCUT2D eigenvalue weighted by Crippen LogP contribution is 2.29. The topological polar surface area (TPSA) is 131 Å². The average molecular weight is 443 g/mol. The summed E-state index contributed by atoms with van der Waals surface area (Å²) in [7, 11) is 0. The molecule has 2 aliphatic heterocycles. The number of hydrogen-bond donors (Lipinski definition) is 2. The SMILES string of the molecule is CC(=O)Nc1cc(Nc2cc(C)nc(C(C)(F)F)n2)c(C2=NC3C(=O)OCC3C=N2)cn1. The number of pyridine rings is 1. The number of esters is 1. The Labute approximate surface area is 181 Å². The molecule has 0 bridgehead atoms. The van der Waals surface area contributed by atoms with Gasteiger partial charge in [0, 0.05) is 44.1 Å². The van der Waals surface area contributed by atoms with Gasteiger partial charge >= 0.3 is 11.9 Å². The van der Waals surface area contributed by atoms with Gasteiger partial charge in [-0.15, -0.1) is 0 Å². The van der Waals surface area contributed by atoms with Crippen LogP contribution in [0.1, 0.15) is 30.9 Å². The highest BCUT2D eigenvalue weighted by molar-refractivity contribution is 6.10. The number of fused-ring (bicyclic) bond motifs is 1. The third kappa shape index (κ3) is 4.43. The number of aliphatic imine (C=N–C) groups is 2. The van der Waals surface area contributed by atoms with Crippen molar-refractivity contribution in [3.8, 4) is 0 Å². The fourth-order valence-corrected chi connectivity index (χ4v) is 3.23. The van der Waals surface area contributed by atoms with Gasteiger partial charge in [0.2, 0.25) is 11.7 Å². The number of carbonyl (C=O) groups is 2. The molecule has 4 rings (SSSR count). The second-order valence-electron chi connectivity index (χ2n) is 7.50. The number of nitrogens with one attached hydrogen (secondary N) is 2. The number of aryl methyl sites for hydroxylation is 1. The van der Waals surface area contributed by atoms with E-state index in [4.69, 9.17) is 4.74 Å². The summed E-state index contributed by atoms with van der Waals surface area (Å²) in [6.45, 7) is 3.82. The van der Waals surface area contributed by atoms with E-state index in [1.54, 1.807) is 13.1 Å². The van der Waals surface area contributed by atoms with Gasteiger partial charge < -0.3 is 15.4 Å². The quantitative estimate of drug-likeness (QED) is 0.678. The predicted molar refractivity (Wildman–Crippen MR) is 111 cm³/mol. The monoisotopic (exact) mass is 443 g/mol. The summed E-state index contributed by atoms with van der Waals surface area (Å²) in [4.78, 5) is 44.0. The molecule has 10 nitrogen and oxygen atoms in total. The van der Waals surface area contributed by atoms with Crippen molar-refractivity contribution >= 4 is 41.2 Å². The van der Waals surface area contributed by atoms with Crippen LogP contribution in [-0.4, -0.2) is 51.5 Å². The number of ether oxygens (including phenoxy) is 1. The smallest absolute Gasteiger partial charge is 0.331 e. The van der Waals surface area contributed by atoms with Gasteiger partial charge in [-0.3, -0.25) is 4.79 Å². The number of amidine groups is 1. The summed E-state index contributed by atoms with van der Waals surface area (Å²) in [6.07, 6.45) is 3.00. The van der Waals surface area contributed by atoms with E-state index in [-0.39, 0.29) is 35.9 Å². The molecule has 0 aromatic carbocycles. The zero-order chi connectivity index (χ0) is 23.0. The number of anilines is 3. The zero-order valence-corrected chi connectivity index (χ0v) is 17.4. The number of alkyl halides is 2. The van der Waals surface area contributed by atoms with Gasteiger partial charge in [-0.1, -0.05) is 0 Å². The largest absolute Gasteiger partial charge is 0.463 e. The lowest BCUT2D eigenvalue weighted by Gasteiger charge is -2.18. The molecule has 1 amide bonds. The Bertz CT molecular complexity index is 1160. The van der Waals surface area contributed by atoms with Crippen molar-refractivity contribution in [3.05, 3.63) is 35.4 Å². The predicted octanol–water partition coefficient (Wildman–Crippen LogP) is 2.37. The molecular formula is C20H19F2N7O3. The van der Waals surface area contributed by atoms with E-state index in [9.17, 15) is 18.4 Å². The first-order valence-electron chi connectivity index (χ1n) is 9.68. The average Bonchev–Trinajstić information content (AvgIpc) is 3.07. The van der Waals surface area contributed by atoms with Gasteiger partial charge in [0.15, 0.2) is 11.9 Å². The lowest BCUT2D eigenvalue weighted by Crippen LogP contribution is -2.27. The second-order valence-corrected chi connectivity index (χ2v) is 7.50. The first-order valence-corrected chi connectivity index (χ1v) is 9.68. The van der Waals surface area contributed by atoms with Crippen LogP contribution >= 0.6 is 0 Å². The highest BCUT2D eigenvalue weighted by Gasteiger charge is 2.38. The van der Waals surface area contributed by atoms with Crippen molar-refractivity contribution in [2.75, 3.05) is 17.2 Å². The molecule has 2 aromatic rings. The van der Waals surface area contributed by atoms with Crippen LogP contribution in [0.5, 0.6) is 0 Å². The van der Waals surface area contributed by atoms with E-state index in [1.165, 1.54) is 25.3 Å². The Kier molecular flexibility index (Phi) is 5.36. The summed E-state index contributed by atoms with van der Waals surface area (Å²) < 4.78 is 32.6. The number of hydrogen-bond acceptors (Lipinski definition) is 9. The number of amides is 1. The van der Waals surface area contributed by atoms with E-state index < -0.39 is 23.8 Å². The third-order valence-corrected chi connectivity index (χ3v) is 4.67. The van der Waals surface area contributed by atoms with Crippen LogP contribution in [-0.2, 0) is 20.2 Å². The van der Waals surface area contributed by atoms with Gasteiger partial charge in [0.1, 0.15) is 18.2 Å². The van der Waals surface area contributed by atoms with Crippen LogP contribution in [0.15, 0.2) is 28.3 Å². The van der Waals surface area contributed by atoms with Gasteiger partial charge in [-0.25, -0.2) is 29.7 Å². The molecular weight excluding hydrogens is 424 g/mol. The van der Waals surface area contributed by atoms with Crippen LogP contribution in [0.25, 0.3) is 0 Å². The van der Waals surface area contributed by atoms with Crippen molar-refractivity contribution in [3.63, 3.8) is 0 Å². The Balaban J connectivity index is 1.76. The second kappa shape index (κ2) is 8.02. The van der Waals surface area contributed by atoms with Gasteiger partial charge in [0.05, 0.1) is 17.2 Å². The molecule has 0 aliphatic carbocycles. The zero-order valence-electron chi connectivity index (χ0n) is 17.4. The molecule has 4 heterocycles. The minimum atomic E-state index is -3.24. The van der Waals surface area contributed by atoms with Crippen LogP contribution in [0, 0.1) is 12.8 Å². The fourth-order valence-electron chi connectivity index (χ4n) is 3.23. The number of nitrogens with zero attached hydrogens (tertiary/aromatic N) is 5. The first-order chi connectivity index (χ1) is 15.1. The molecule has 166 valence electrons. The first kappa shape index (κ1) is 21.4. The number of aromatic nitrogens is 3. The molecule has 1 saturated heterocycles. The third-order valence-electron chi connectivity index (χ3n) is 4.67. The van der Waals surface area contributed by atoms with Gasteiger partial charge in [-0.05, 0) is 6.92 Å². The van der Waals surface area contributed by atoms with Crippen molar-refractivity contribution < 1.29 is 23.1 Å². The Morgan fingerprint density at radius 2 is 2.03 bits per heavy atom. The fraction of sp³-hybridized carbons (Fsp3) is 0.350. The maximum atomic E-state index is 13.8. The molecule has 2 aliphatic rings. The van der Waals surface area contributed by atoms with Gasteiger partial charge in [0.25, 0.3) is 0 Å². The maximum Gasteiger partial charge on any atom is 0.331 e. The molecule has 0 saturated carbocycles. The minimum absolute atomic E-state index is 0.105. The number of rotatable bonds is 5. The summed E-state index contributed by atoms with van der Waals surface area (Å²) in [6, 6.07) is 2.28. The normalized spacial score (nSPS) is 19.8. The summed E-state index contributed by atoms with van der Waals surface area (Å²) in [5.41, 5.74) is 1.06. The standard InChI is InChI=1S/C20H19F2N7O3/c1-9-4-15(28-19(25-9)20(3,21)22)27-13-5-14(26-10(2)30)23-7-12(13)17-24-6-11-8-32-18(31)16(11)29-17/h4-7,11,16H,8H2,1-3H3,(H2,23,25,26,27,28,30). The molecule has 2 unspecified atom stereocenters. The van der Waals surface area contributed by atoms with Crippen molar-refractivity contribution in [2.24, 2.45) is 15.9 Å². The minimum Gasteiger partial charge on any atom is -0.463 e. The number of halogens is 2. The van der Waals surface area contributed by atoms with Crippen molar-refractivity contribution in [1.82, 2.24) is 15.0 Å². The Hall–Kier alpha value is -3.83. The molecule has 12 heteroatoms. The molecule has 2 atom stereocenters. The summed E-state index contributed by atoms with van der Waals surface area (Å²) in [5, 5.41) is 5.52. The summed E-state index contributed by atoms with van der Waals surface area (Å²) in [5.74, 6) is -4.37. The summed E-state index contributed by atoms with van der Waals surface area (Å²) >= 11 is 0. The Morgan fingerprint density at radius 3 is 2.75 bits per heavy atom. The van der Waals surface area contributed by atoms with Gasteiger partial charge in [-0.2, -0.15) is 8.78 Å². The van der Waals surface area contributed by atoms with E-state index in [0.717, 1.165) is 0 Å².